The van der Waals surface area contributed by atoms with Gasteiger partial charge in [0.1, 0.15) is 11.9 Å². The van der Waals surface area contributed by atoms with Gasteiger partial charge in [0.2, 0.25) is 10.0 Å². The average Bonchev–Trinajstić information content (AvgIpc) is 2.99. The summed E-state index contributed by atoms with van der Waals surface area (Å²) in [5, 5.41) is 15.4. The third-order valence-electron chi connectivity index (χ3n) is 7.18. The van der Waals surface area contributed by atoms with E-state index in [1.54, 1.807) is 79.6 Å². The molecule has 42 heavy (non-hydrogen) atoms. The molecule has 0 fully saturated rings. The van der Waals surface area contributed by atoms with E-state index in [2.05, 4.69) is 10.6 Å². The van der Waals surface area contributed by atoms with Crippen molar-refractivity contribution >= 4 is 33.3 Å². The van der Waals surface area contributed by atoms with Crippen molar-refractivity contribution in [3.8, 4) is 11.5 Å². The van der Waals surface area contributed by atoms with E-state index >= 15 is 0 Å². The van der Waals surface area contributed by atoms with Gasteiger partial charge in [-0.25, -0.2) is 13.2 Å². The number of carbonyl (C=O) groups excluding carboxylic acids is 2. The molecule has 0 bridgehead atoms. The number of aliphatic hydroxyl groups excluding tert-OH is 1. The fraction of sp³-hybridized carbons (Fsp3) is 0.333. The minimum Gasteiger partial charge on any atom is -0.497 e. The number of para-hydroxylation sites is 1. The maximum Gasteiger partial charge on any atom is 0.323 e. The van der Waals surface area contributed by atoms with Crippen LogP contribution < -0.4 is 20.1 Å². The van der Waals surface area contributed by atoms with Crippen LogP contribution in [-0.4, -0.2) is 80.7 Å². The molecule has 0 unspecified atom stereocenters. The lowest BCUT2D eigenvalue weighted by molar-refractivity contribution is 0.0389. The molecule has 0 radical (unpaired) electrons. The van der Waals surface area contributed by atoms with Crippen molar-refractivity contribution in [2.45, 2.75) is 30.9 Å². The topological polar surface area (TPSA) is 138 Å². The smallest absolute Gasteiger partial charge is 0.323 e. The summed E-state index contributed by atoms with van der Waals surface area (Å²) in [6.07, 6.45) is -0.707. The standard InChI is InChI=1S/C30H36N4O7S/c1-20-17-34(21(2)19-35)29(36)25-11-8-12-26(32-30(37)31-22-13-15-23(40-4)16-14-22)28(25)41-27(20)18-33(3)42(38,39)24-9-6-5-7-10-24/h5-16,20-21,27,35H,17-19H2,1-4H3,(H2,31,32,37)/t20-,21-,27-/m0/s1. The molecule has 3 N–H and O–H groups in total. The van der Waals surface area contributed by atoms with E-state index in [1.165, 1.54) is 23.5 Å². The highest BCUT2D eigenvalue weighted by Gasteiger charge is 2.36. The number of aliphatic hydroxyl groups is 1. The first-order chi connectivity index (χ1) is 20.0. The second-order valence-corrected chi connectivity index (χ2v) is 12.3. The molecule has 0 spiro atoms. The molecule has 3 amide bonds. The summed E-state index contributed by atoms with van der Waals surface area (Å²) in [7, 11) is -0.807. The molecule has 224 valence electrons. The zero-order chi connectivity index (χ0) is 30.4. The molecular formula is C30H36N4O7S. The zero-order valence-corrected chi connectivity index (χ0v) is 24.8. The lowest BCUT2D eigenvalue weighted by Gasteiger charge is -2.38. The number of amides is 3. The molecule has 0 aromatic heterocycles. The predicted octanol–water partition coefficient (Wildman–Crippen LogP) is 3.88. The van der Waals surface area contributed by atoms with E-state index in [-0.39, 0.29) is 53.4 Å². The number of urea groups is 1. The number of sulfonamides is 1. The summed E-state index contributed by atoms with van der Waals surface area (Å²) in [6, 6.07) is 18.6. The Morgan fingerprint density at radius 2 is 1.79 bits per heavy atom. The number of nitrogens with zero attached hydrogens (tertiary/aromatic N) is 2. The van der Waals surface area contributed by atoms with Gasteiger partial charge in [0, 0.05) is 25.2 Å². The number of likely N-dealkylation sites (N-methyl/N-ethyl adjacent to an activating group) is 1. The molecule has 0 saturated carbocycles. The summed E-state index contributed by atoms with van der Waals surface area (Å²) in [4.78, 5) is 28.3. The minimum atomic E-state index is -3.83. The van der Waals surface area contributed by atoms with Crippen LogP contribution >= 0.6 is 0 Å². The first-order valence-corrected chi connectivity index (χ1v) is 14.9. The van der Waals surface area contributed by atoms with Gasteiger partial charge in [0.15, 0.2) is 5.75 Å². The summed E-state index contributed by atoms with van der Waals surface area (Å²) in [6.45, 7) is 3.52. The predicted molar refractivity (Wildman–Crippen MR) is 159 cm³/mol. The molecule has 1 aliphatic rings. The van der Waals surface area contributed by atoms with Gasteiger partial charge in [-0.3, -0.25) is 4.79 Å². The van der Waals surface area contributed by atoms with Crippen LogP contribution in [-0.2, 0) is 10.0 Å². The van der Waals surface area contributed by atoms with Crippen LogP contribution in [0.25, 0.3) is 0 Å². The van der Waals surface area contributed by atoms with Crippen LogP contribution in [0.5, 0.6) is 11.5 Å². The molecule has 4 rings (SSSR count). The number of methoxy groups -OCH3 is 1. The van der Waals surface area contributed by atoms with Gasteiger partial charge in [-0.15, -0.1) is 0 Å². The fourth-order valence-electron chi connectivity index (χ4n) is 4.64. The third kappa shape index (κ3) is 6.84. The summed E-state index contributed by atoms with van der Waals surface area (Å²) < 4.78 is 39.4. The lowest BCUT2D eigenvalue weighted by Crippen LogP contribution is -2.50. The number of fused-ring (bicyclic) bond motifs is 1. The van der Waals surface area contributed by atoms with E-state index in [9.17, 15) is 23.1 Å². The maximum absolute atomic E-state index is 13.7. The summed E-state index contributed by atoms with van der Waals surface area (Å²) >= 11 is 0. The van der Waals surface area contributed by atoms with E-state index in [1.807, 2.05) is 6.92 Å². The van der Waals surface area contributed by atoms with Crippen molar-refractivity contribution in [3.63, 3.8) is 0 Å². The van der Waals surface area contributed by atoms with E-state index < -0.39 is 28.2 Å². The lowest BCUT2D eigenvalue weighted by atomic mass is 9.99. The largest absolute Gasteiger partial charge is 0.497 e. The number of hydrogen-bond acceptors (Lipinski definition) is 7. The number of benzene rings is 3. The monoisotopic (exact) mass is 596 g/mol. The van der Waals surface area contributed by atoms with Crippen molar-refractivity contribution in [3.05, 3.63) is 78.4 Å². The fourth-order valence-corrected chi connectivity index (χ4v) is 5.85. The summed E-state index contributed by atoms with van der Waals surface area (Å²) in [5.74, 6) is 0.0370. The molecule has 12 heteroatoms. The zero-order valence-electron chi connectivity index (χ0n) is 24.0. The van der Waals surface area contributed by atoms with E-state index in [0.717, 1.165) is 0 Å². The van der Waals surface area contributed by atoms with E-state index in [4.69, 9.17) is 9.47 Å². The highest BCUT2D eigenvalue weighted by atomic mass is 32.2. The van der Waals surface area contributed by atoms with Crippen LogP contribution in [0.4, 0.5) is 16.2 Å². The van der Waals surface area contributed by atoms with Crippen molar-refractivity contribution < 1.29 is 32.6 Å². The number of hydrogen-bond donors (Lipinski definition) is 3. The molecule has 11 nitrogen and oxygen atoms in total. The van der Waals surface area contributed by atoms with Gasteiger partial charge in [-0.2, -0.15) is 4.31 Å². The normalized spacial score (nSPS) is 17.9. The first kappa shape index (κ1) is 30.8. The molecule has 3 aromatic carbocycles. The molecule has 0 saturated heterocycles. The second kappa shape index (κ2) is 13.2. The number of rotatable bonds is 9. The SMILES string of the molecule is COc1ccc(NC(=O)Nc2cccc3c2O[C@@H](CN(C)S(=O)(=O)c2ccccc2)[C@@H](C)CN([C@@H](C)CO)C3=O)cc1. The second-order valence-electron chi connectivity index (χ2n) is 10.2. The Balaban J connectivity index is 1.67. The van der Waals surface area contributed by atoms with Gasteiger partial charge >= 0.3 is 6.03 Å². The van der Waals surface area contributed by atoms with Gasteiger partial charge < -0.3 is 30.1 Å². The number of ether oxygens (including phenoxy) is 2. The Hall–Kier alpha value is -4.13. The van der Waals surface area contributed by atoms with Crippen molar-refractivity contribution in [1.29, 1.82) is 0 Å². The molecule has 1 heterocycles. The first-order valence-electron chi connectivity index (χ1n) is 13.5. The summed E-state index contributed by atoms with van der Waals surface area (Å²) in [5.41, 5.74) is 0.936. The highest BCUT2D eigenvalue weighted by Crippen LogP contribution is 2.35. The maximum atomic E-state index is 13.7. The van der Waals surface area contributed by atoms with Gasteiger partial charge in [-0.05, 0) is 55.5 Å². The van der Waals surface area contributed by atoms with Crippen molar-refractivity contribution in [2.24, 2.45) is 5.92 Å². The minimum absolute atomic E-state index is 0.0280. The number of carbonyl (C=O) groups is 2. The Bertz CT molecular complexity index is 1500. The van der Waals surface area contributed by atoms with E-state index in [0.29, 0.717) is 11.4 Å². The molecule has 3 atom stereocenters. The Kier molecular flexibility index (Phi) is 9.71. The van der Waals surface area contributed by atoms with Gasteiger partial charge in [-0.1, -0.05) is 31.2 Å². The quantitative estimate of drug-likeness (QED) is 0.341. The van der Waals surface area contributed by atoms with Crippen molar-refractivity contribution in [2.75, 3.05) is 44.5 Å². The Morgan fingerprint density at radius 3 is 2.43 bits per heavy atom. The van der Waals surface area contributed by atoms with Crippen LogP contribution in [0.15, 0.2) is 77.7 Å². The molecular weight excluding hydrogens is 560 g/mol. The highest BCUT2D eigenvalue weighted by molar-refractivity contribution is 7.89. The Morgan fingerprint density at radius 1 is 1.10 bits per heavy atom. The molecule has 3 aromatic rings. The number of nitrogens with one attached hydrogen (secondary N) is 2. The third-order valence-corrected chi connectivity index (χ3v) is 9.01. The van der Waals surface area contributed by atoms with Gasteiger partial charge in [0.25, 0.3) is 5.91 Å². The van der Waals surface area contributed by atoms with Crippen LogP contribution in [0, 0.1) is 5.92 Å². The molecule has 1 aliphatic heterocycles. The number of anilines is 2. The Labute approximate surface area is 246 Å². The average molecular weight is 597 g/mol. The van der Waals surface area contributed by atoms with Crippen LogP contribution in [0.2, 0.25) is 0 Å². The van der Waals surface area contributed by atoms with Gasteiger partial charge in [0.05, 0.1) is 42.4 Å². The van der Waals surface area contributed by atoms with Crippen molar-refractivity contribution in [1.82, 2.24) is 9.21 Å². The van der Waals surface area contributed by atoms with Crippen LogP contribution in [0.3, 0.4) is 0 Å². The van der Waals surface area contributed by atoms with Crippen LogP contribution in [0.1, 0.15) is 24.2 Å². The molecule has 0 aliphatic carbocycles.